The van der Waals surface area contributed by atoms with E-state index in [9.17, 15) is 4.79 Å². The molecule has 0 unspecified atom stereocenters. The van der Waals surface area contributed by atoms with E-state index in [0.29, 0.717) is 5.78 Å². The van der Waals surface area contributed by atoms with Gasteiger partial charge >= 0.3 is 0 Å². The molecule has 0 amide bonds. The highest BCUT2D eigenvalue weighted by molar-refractivity contribution is 6.05. The molecule has 1 nitrogen and oxygen atoms in total. The lowest BCUT2D eigenvalue weighted by Gasteiger charge is -2.24. The largest absolute Gasteiger partial charge is 0.294 e. The lowest BCUT2D eigenvalue weighted by molar-refractivity contribution is -0.123. The predicted molar refractivity (Wildman–Crippen MR) is 58.0 cm³/mol. The van der Waals surface area contributed by atoms with E-state index < -0.39 is 0 Å². The van der Waals surface area contributed by atoms with Gasteiger partial charge in [0.05, 0.1) is 0 Å². The van der Waals surface area contributed by atoms with E-state index in [2.05, 4.69) is 19.9 Å². The van der Waals surface area contributed by atoms with Gasteiger partial charge in [-0.2, -0.15) is 0 Å². The van der Waals surface area contributed by atoms with Crippen molar-refractivity contribution in [3.05, 3.63) is 23.3 Å². The van der Waals surface area contributed by atoms with Crippen LogP contribution in [0.2, 0.25) is 0 Å². The second kappa shape index (κ2) is 3.38. The first kappa shape index (κ1) is 9.70. The second-order valence-corrected chi connectivity index (χ2v) is 4.45. The highest BCUT2D eigenvalue weighted by Gasteiger charge is 2.43. The van der Waals surface area contributed by atoms with Crippen molar-refractivity contribution < 1.29 is 4.79 Å². The molecule has 0 saturated carbocycles. The summed E-state index contributed by atoms with van der Waals surface area (Å²) in [5.74, 6) is 0.411. The van der Waals surface area contributed by atoms with Crippen LogP contribution in [-0.4, -0.2) is 5.78 Å². The summed E-state index contributed by atoms with van der Waals surface area (Å²) in [6, 6.07) is 0. The predicted octanol–water partition coefficient (Wildman–Crippen LogP) is 3.41. The molecule has 0 aliphatic heterocycles. The number of ketones is 1. The fraction of sp³-hybridized carbons (Fsp3) is 0.615. The molecule has 0 saturated heterocycles. The maximum atomic E-state index is 12.2. The molecule has 2 aliphatic carbocycles. The number of hydrogen-bond acceptors (Lipinski definition) is 1. The summed E-state index contributed by atoms with van der Waals surface area (Å²) in [5.41, 5.74) is 2.42. The van der Waals surface area contributed by atoms with Gasteiger partial charge in [0.25, 0.3) is 0 Å². The average Bonchev–Trinajstić information content (AvgIpc) is 2.53. The van der Waals surface area contributed by atoms with Crippen molar-refractivity contribution in [1.82, 2.24) is 0 Å². The second-order valence-electron chi connectivity index (χ2n) is 4.45. The van der Waals surface area contributed by atoms with Gasteiger partial charge in [-0.05, 0) is 32.1 Å². The average molecular weight is 190 g/mol. The van der Waals surface area contributed by atoms with E-state index in [1.165, 1.54) is 5.57 Å². The summed E-state index contributed by atoms with van der Waals surface area (Å²) in [4.78, 5) is 12.2. The monoisotopic (exact) mass is 190 g/mol. The van der Waals surface area contributed by atoms with Gasteiger partial charge in [-0.15, -0.1) is 0 Å². The van der Waals surface area contributed by atoms with Crippen molar-refractivity contribution in [2.45, 2.75) is 46.0 Å². The highest BCUT2D eigenvalue weighted by Crippen LogP contribution is 2.46. The molecule has 76 valence electrons. The van der Waals surface area contributed by atoms with E-state index >= 15 is 0 Å². The molecular weight excluding hydrogens is 172 g/mol. The summed E-state index contributed by atoms with van der Waals surface area (Å²) in [6.45, 7) is 4.28. The smallest absolute Gasteiger partial charge is 0.169 e. The summed E-state index contributed by atoms with van der Waals surface area (Å²) in [5, 5.41) is 0. The van der Waals surface area contributed by atoms with Gasteiger partial charge in [0, 0.05) is 11.0 Å². The van der Waals surface area contributed by atoms with Gasteiger partial charge in [0.2, 0.25) is 0 Å². The Morgan fingerprint density at radius 1 is 1.36 bits per heavy atom. The third-order valence-corrected chi connectivity index (χ3v) is 3.91. The van der Waals surface area contributed by atoms with Crippen molar-refractivity contribution >= 4 is 5.78 Å². The normalized spacial score (nSPS) is 24.3. The van der Waals surface area contributed by atoms with Gasteiger partial charge in [-0.3, -0.25) is 4.79 Å². The van der Waals surface area contributed by atoms with Crippen molar-refractivity contribution in [2.24, 2.45) is 5.41 Å². The maximum absolute atomic E-state index is 12.2. The number of carbonyl (C=O) groups excluding carboxylic acids is 1. The zero-order chi connectivity index (χ0) is 10.2. The van der Waals surface area contributed by atoms with Crippen LogP contribution in [0.3, 0.4) is 0 Å². The minimum Gasteiger partial charge on any atom is -0.294 e. The van der Waals surface area contributed by atoms with E-state index in [1.54, 1.807) is 0 Å². The number of hydrogen-bond donors (Lipinski definition) is 0. The molecule has 0 aromatic rings. The summed E-state index contributed by atoms with van der Waals surface area (Å²) in [7, 11) is 0. The van der Waals surface area contributed by atoms with Gasteiger partial charge in [0.1, 0.15) is 0 Å². The fourth-order valence-electron chi connectivity index (χ4n) is 2.73. The van der Waals surface area contributed by atoms with Crippen LogP contribution in [0.15, 0.2) is 23.3 Å². The molecule has 1 heteroatoms. The van der Waals surface area contributed by atoms with E-state index in [4.69, 9.17) is 0 Å². The molecular formula is C13H18O. The van der Waals surface area contributed by atoms with Gasteiger partial charge < -0.3 is 0 Å². The van der Waals surface area contributed by atoms with Crippen molar-refractivity contribution in [3.63, 3.8) is 0 Å². The molecule has 0 atom stereocenters. The zero-order valence-corrected chi connectivity index (χ0v) is 9.10. The molecule has 0 radical (unpaired) electrons. The molecule has 0 aromatic carbocycles. The first-order valence-electron chi connectivity index (χ1n) is 5.67. The summed E-state index contributed by atoms with van der Waals surface area (Å²) >= 11 is 0. The Balaban J connectivity index is 2.34. The molecule has 0 spiro atoms. The van der Waals surface area contributed by atoms with Crippen LogP contribution in [-0.2, 0) is 4.79 Å². The molecule has 14 heavy (non-hydrogen) atoms. The quantitative estimate of drug-likeness (QED) is 0.652. The Kier molecular flexibility index (Phi) is 2.34. The van der Waals surface area contributed by atoms with Crippen LogP contribution in [0.1, 0.15) is 46.0 Å². The minimum atomic E-state index is -0.0423. The van der Waals surface area contributed by atoms with E-state index in [0.717, 1.165) is 37.7 Å². The maximum Gasteiger partial charge on any atom is 0.169 e. The lowest BCUT2D eigenvalue weighted by Crippen LogP contribution is -2.25. The van der Waals surface area contributed by atoms with Gasteiger partial charge in [-0.25, -0.2) is 0 Å². The topological polar surface area (TPSA) is 17.1 Å². The fourth-order valence-corrected chi connectivity index (χ4v) is 2.73. The number of carbonyl (C=O) groups is 1. The lowest BCUT2D eigenvalue weighted by atomic mass is 9.78. The highest BCUT2D eigenvalue weighted by atomic mass is 16.1. The van der Waals surface area contributed by atoms with Crippen LogP contribution in [0, 0.1) is 5.41 Å². The third-order valence-electron chi connectivity index (χ3n) is 3.91. The number of rotatable bonds is 2. The Morgan fingerprint density at radius 3 is 2.64 bits per heavy atom. The number of Topliss-reactive ketones (excluding diaryl/α,β-unsaturated/α-hetero) is 1. The molecule has 0 heterocycles. The minimum absolute atomic E-state index is 0.0423. The van der Waals surface area contributed by atoms with E-state index in [-0.39, 0.29) is 5.41 Å². The van der Waals surface area contributed by atoms with Gasteiger partial charge in [-0.1, -0.05) is 31.6 Å². The molecule has 0 aromatic heterocycles. The first-order chi connectivity index (χ1) is 6.73. The summed E-state index contributed by atoms with van der Waals surface area (Å²) in [6.07, 6.45) is 9.42. The van der Waals surface area contributed by atoms with Crippen LogP contribution in [0.4, 0.5) is 0 Å². The van der Waals surface area contributed by atoms with Crippen molar-refractivity contribution in [3.8, 4) is 0 Å². The Morgan fingerprint density at radius 2 is 2.07 bits per heavy atom. The zero-order valence-electron chi connectivity index (χ0n) is 9.10. The SMILES string of the molecule is CCC1(CC)CC2=C(C=CCC2)C1=O. The standard InChI is InChI=1S/C13H18O/c1-3-13(4-2)9-10-7-5-6-8-11(10)12(13)14/h6,8H,3-5,7,9H2,1-2H3. The summed E-state index contributed by atoms with van der Waals surface area (Å²) < 4.78 is 0. The van der Waals surface area contributed by atoms with Crippen LogP contribution >= 0.6 is 0 Å². The molecule has 0 bridgehead atoms. The van der Waals surface area contributed by atoms with Crippen molar-refractivity contribution in [1.29, 1.82) is 0 Å². The Hall–Kier alpha value is -0.850. The molecule has 0 fully saturated rings. The van der Waals surface area contributed by atoms with Crippen LogP contribution < -0.4 is 0 Å². The van der Waals surface area contributed by atoms with E-state index in [1.807, 2.05) is 6.08 Å². The van der Waals surface area contributed by atoms with Crippen molar-refractivity contribution in [2.75, 3.05) is 0 Å². The third kappa shape index (κ3) is 1.18. The Bertz CT molecular complexity index is 316. The molecule has 0 N–H and O–H groups in total. The van der Waals surface area contributed by atoms with Crippen LogP contribution in [0.25, 0.3) is 0 Å². The molecule has 2 rings (SSSR count). The van der Waals surface area contributed by atoms with Gasteiger partial charge in [0.15, 0.2) is 5.78 Å². The Labute approximate surface area is 85.9 Å². The molecule has 2 aliphatic rings. The number of allylic oxidation sites excluding steroid dienone is 4. The van der Waals surface area contributed by atoms with Crippen LogP contribution in [0.5, 0.6) is 0 Å². The first-order valence-corrected chi connectivity index (χ1v) is 5.67.